The van der Waals surface area contributed by atoms with Crippen LogP contribution in [0.5, 0.6) is 0 Å². The van der Waals surface area contributed by atoms with Crippen molar-refractivity contribution in [2.45, 2.75) is 72.1 Å². The van der Waals surface area contributed by atoms with Gasteiger partial charge in [0, 0.05) is 12.7 Å². The fourth-order valence-electron chi connectivity index (χ4n) is 1.88. The normalized spacial score (nSPS) is 11.4. The minimum absolute atomic E-state index is 0.392. The molecule has 1 rings (SSSR count). The number of rotatable bonds is 7. The Kier molecular flexibility index (Phi) is 6.55. The van der Waals surface area contributed by atoms with Gasteiger partial charge in [-0.25, -0.2) is 9.78 Å². The van der Waals surface area contributed by atoms with E-state index in [0.717, 1.165) is 18.7 Å². The lowest BCUT2D eigenvalue weighted by molar-refractivity contribution is 0.0522. The SMILES string of the molecule is CCCCCCn1cncc1CNC(=O)OC(C)(C)C. The van der Waals surface area contributed by atoms with Crippen LogP contribution in [0.3, 0.4) is 0 Å². The van der Waals surface area contributed by atoms with Gasteiger partial charge in [-0.2, -0.15) is 0 Å². The predicted octanol–water partition coefficient (Wildman–Crippen LogP) is 3.49. The van der Waals surface area contributed by atoms with Gasteiger partial charge in [0.15, 0.2) is 0 Å². The van der Waals surface area contributed by atoms with Crippen LogP contribution in [0, 0.1) is 0 Å². The highest BCUT2D eigenvalue weighted by molar-refractivity contribution is 5.67. The monoisotopic (exact) mass is 281 g/mol. The van der Waals surface area contributed by atoms with E-state index in [1.807, 2.05) is 27.1 Å². The summed E-state index contributed by atoms with van der Waals surface area (Å²) in [6.07, 6.45) is 8.08. The number of carbonyl (C=O) groups excluding carboxylic acids is 1. The third kappa shape index (κ3) is 6.59. The van der Waals surface area contributed by atoms with Crippen LogP contribution in [0.2, 0.25) is 0 Å². The first-order valence-electron chi connectivity index (χ1n) is 7.38. The molecule has 0 spiro atoms. The molecule has 0 saturated heterocycles. The van der Waals surface area contributed by atoms with E-state index in [-0.39, 0.29) is 0 Å². The van der Waals surface area contributed by atoms with Crippen LogP contribution in [-0.4, -0.2) is 21.2 Å². The van der Waals surface area contributed by atoms with Crippen molar-refractivity contribution in [3.8, 4) is 0 Å². The molecule has 1 aromatic rings. The highest BCUT2D eigenvalue weighted by Crippen LogP contribution is 2.08. The van der Waals surface area contributed by atoms with Crippen LogP contribution < -0.4 is 5.32 Å². The summed E-state index contributed by atoms with van der Waals surface area (Å²) in [5.41, 5.74) is 0.539. The molecular formula is C15H27N3O2. The molecule has 0 aromatic carbocycles. The van der Waals surface area contributed by atoms with Crippen molar-refractivity contribution < 1.29 is 9.53 Å². The molecule has 0 aliphatic heterocycles. The van der Waals surface area contributed by atoms with Crippen LogP contribution in [0.25, 0.3) is 0 Å². The Labute approximate surface area is 121 Å². The van der Waals surface area contributed by atoms with Crippen LogP contribution in [0.15, 0.2) is 12.5 Å². The third-order valence-corrected chi connectivity index (χ3v) is 2.86. The second-order valence-electron chi connectivity index (χ2n) is 5.99. The van der Waals surface area contributed by atoms with E-state index in [1.165, 1.54) is 19.3 Å². The number of imidazole rings is 1. The Morgan fingerprint density at radius 1 is 1.35 bits per heavy atom. The van der Waals surface area contributed by atoms with Gasteiger partial charge in [0.25, 0.3) is 0 Å². The quantitative estimate of drug-likeness (QED) is 0.778. The number of nitrogens with zero attached hydrogens (tertiary/aromatic N) is 2. The van der Waals surface area contributed by atoms with Crippen molar-refractivity contribution in [3.05, 3.63) is 18.2 Å². The zero-order valence-corrected chi connectivity index (χ0v) is 13.1. The van der Waals surface area contributed by atoms with Crippen molar-refractivity contribution in [2.75, 3.05) is 0 Å². The van der Waals surface area contributed by atoms with Crippen molar-refractivity contribution in [1.82, 2.24) is 14.9 Å². The van der Waals surface area contributed by atoms with Crippen LogP contribution in [-0.2, 0) is 17.8 Å². The second kappa shape index (κ2) is 7.92. The third-order valence-electron chi connectivity index (χ3n) is 2.86. The minimum Gasteiger partial charge on any atom is -0.444 e. The summed E-state index contributed by atoms with van der Waals surface area (Å²) in [7, 11) is 0. The van der Waals surface area contributed by atoms with E-state index in [1.54, 1.807) is 6.20 Å². The largest absolute Gasteiger partial charge is 0.444 e. The van der Waals surface area contributed by atoms with Crippen LogP contribution in [0.4, 0.5) is 4.79 Å². The van der Waals surface area contributed by atoms with E-state index >= 15 is 0 Å². The zero-order valence-electron chi connectivity index (χ0n) is 13.1. The summed E-state index contributed by atoms with van der Waals surface area (Å²) < 4.78 is 7.30. The van der Waals surface area contributed by atoms with Gasteiger partial charge in [0.2, 0.25) is 0 Å². The topological polar surface area (TPSA) is 56.2 Å². The maximum Gasteiger partial charge on any atom is 0.407 e. The molecule has 0 radical (unpaired) electrons. The van der Waals surface area contributed by atoms with Crippen LogP contribution in [0.1, 0.15) is 59.1 Å². The Morgan fingerprint density at radius 3 is 2.75 bits per heavy atom. The van der Waals surface area contributed by atoms with Gasteiger partial charge in [-0.3, -0.25) is 0 Å². The number of hydrogen-bond donors (Lipinski definition) is 1. The fourth-order valence-corrected chi connectivity index (χ4v) is 1.88. The maximum absolute atomic E-state index is 11.6. The first-order chi connectivity index (χ1) is 9.42. The molecule has 0 fully saturated rings. The van der Waals surface area contributed by atoms with Gasteiger partial charge in [-0.15, -0.1) is 0 Å². The molecule has 1 heterocycles. The van der Waals surface area contributed by atoms with Gasteiger partial charge in [0.1, 0.15) is 5.60 Å². The van der Waals surface area contributed by atoms with Gasteiger partial charge < -0.3 is 14.6 Å². The molecule has 5 heteroatoms. The van der Waals surface area contributed by atoms with Crippen LogP contribution >= 0.6 is 0 Å². The molecule has 0 atom stereocenters. The number of alkyl carbamates (subject to hydrolysis) is 1. The first kappa shape index (κ1) is 16.5. The Balaban J connectivity index is 2.37. The van der Waals surface area contributed by atoms with E-state index in [2.05, 4.69) is 21.8 Å². The molecule has 0 bridgehead atoms. The number of hydrogen-bond acceptors (Lipinski definition) is 3. The molecular weight excluding hydrogens is 254 g/mol. The summed E-state index contributed by atoms with van der Waals surface area (Å²) in [5, 5.41) is 2.76. The number of carbonyl (C=O) groups is 1. The highest BCUT2D eigenvalue weighted by atomic mass is 16.6. The second-order valence-corrected chi connectivity index (χ2v) is 5.99. The van der Waals surface area contributed by atoms with E-state index in [9.17, 15) is 4.79 Å². The zero-order chi connectivity index (χ0) is 15.0. The average Bonchev–Trinajstić information content (AvgIpc) is 2.77. The highest BCUT2D eigenvalue weighted by Gasteiger charge is 2.16. The Bertz CT molecular complexity index is 407. The van der Waals surface area contributed by atoms with Gasteiger partial charge in [-0.05, 0) is 27.2 Å². The number of unbranched alkanes of at least 4 members (excludes halogenated alkanes) is 3. The number of aromatic nitrogens is 2. The predicted molar refractivity (Wildman–Crippen MR) is 79.4 cm³/mol. The van der Waals surface area contributed by atoms with Crippen molar-refractivity contribution >= 4 is 6.09 Å². The van der Waals surface area contributed by atoms with Crippen molar-refractivity contribution in [1.29, 1.82) is 0 Å². The lowest BCUT2D eigenvalue weighted by Crippen LogP contribution is -2.32. The molecule has 1 aromatic heterocycles. The molecule has 0 aliphatic carbocycles. The molecule has 1 N–H and O–H groups in total. The van der Waals surface area contributed by atoms with Crippen molar-refractivity contribution in [2.24, 2.45) is 0 Å². The van der Waals surface area contributed by atoms with Gasteiger partial charge >= 0.3 is 6.09 Å². The number of aryl methyl sites for hydroxylation is 1. The molecule has 0 saturated carbocycles. The number of amides is 1. The molecule has 0 unspecified atom stereocenters. The van der Waals surface area contributed by atoms with Crippen molar-refractivity contribution in [3.63, 3.8) is 0 Å². The minimum atomic E-state index is -0.468. The Morgan fingerprint density at radius 2 is 2.10 bits per heavy atom. The lowest BCUT2D eigenvalue weighted by Gasteiger charge is -2.19. The average molecular weight is 281 g/mol. The molecule has 20 heavy (non-hydrogen) atoms. The smallest absolute Gasteiger partial charge is 0.407 e. The first-order valence-corrected chi connectivity index (χ1v) is 7.38. The molecule has 1 amide bonds. The van der Waals surface area contributed by atoms with E-state index in [4.69, 9.17) is 4.74 Å². The molecule has 5 nitrogen and oxygen atoms in total. The summed E-state index contributed by atoms with van der Waals surface area (Å²) in [5.74, 6) is 0. The standard InChI is InChI=1S/C15H27N3O2/c1-5-6-7-8-9-18-12-16-10-13(18)11-17-14(19)20-15(2,3)4/h10,12H,5-9,11H2,1-4H3,(H,17,19). The summed E-state index contributed by atoms with van der Waals surface area (Å²) in [6.45, 7) is 9.15. The van der Waals surface area contributed by atoms with Gasteiger partial charge in [0.05, 0.1) is 18.6 Å². The summed E-state index contributed by atoms with van der Waals surface area (Å²) in [4.78, 5) is 15.7. The van der Waals surface area contributed by atoms with Gasteiger partial charge in [-0.1, -0.05) is 26.2 Å². The summed E-state index contributed by atoms with van der Waals surface area (Å²) in [6, 6.07) is 0. The Hall–Kier alpha value is -1.52. The summed E-state index contributed by atoms with van der Waals surface area (Å²) >= 11 is 0. The molecule has 0 aliphatic rings. The number of nitrogens with one attached hydrogen (secondary N) is 1. The maximum atomic E-state index is 11.6. The molecule has 114 valence electrons. The van der Waals surface area contributed by atoms with E-state index < -0.39 is 11.7 Å². The number of ether oxygens (including phenoxy) is 1. The fraction of sp³-hybridized carbons (Fsp3) is 0.733. The van der Waals surface area contributed by atoms with E-state index in [0.29, 0.717) is 6.54 Å². The lowest BCUT2D eigenvalue weighted by atomic mass is 10.2.